The Hall–Kier alpha value is -0.850. The second kappa shape index (κ2) is 8.29. The maximum absolute atomic E-state index is 11.5. The molecule has 0 aliphatic rings. The molecule has 3 atom stereocenters. The number of carboxylic acid groups (broad SMARTS) is 1. The second-order valence-electron chi connectivity index (χ2n) is 3.96. The number of nitrogens with zero attached hydrogens (tertiary/aromatic N) is 1. The summed E-state index contributed by atoms with van der Waals surface area (Å²) in [6, 6.07) is 0. The Balaban J connectivity index is 4.19. The minimum absolute atomic E-state index is 0.313. The Morgan fingerprint density at radius 1 is 1.28 bits per heavy atom. The zero-order valence-electron chi connectivity index (χ0n) is 11.1. The highest BCUT2D eigenvalue weighted by molar-refractivity contribution is 6.18. The maximum atomic E-state index is 11.5. The molecule has 0 saturated heterocycles. The van der Waals surface area contributed by atoms with Crippen molar-refractivity contribution in [1.29, 1.82) is 0 Å². The first-order valence-corrected chi connectivity index (χ1v) is 6.18. The van der Waals surface area contributed by atoms with E-state index in [4.69, 9.17) is 26.2 Å². The Morgan fingerprint density at radius 3 is 2.28 bits per heavy atom. The van der Waals surface area contributed by atoms with E-state index in [1.165, 1.54) is 13.8 Å². The summed E-state index contributed by atoms with van der Waals surface area (Å²) in [5.74, 6) is -1.43. The number of esters is 1. The number of aliphatic carboxylic acids is 1. The van der Waals surface area contributed by atoms with Crippen molar-refractivity contribution in [2.45, 2.75) is 39.2 Å². The summed E-state index contributed by atoms with van der Waals surface area (Å²) in [7, 11) is 1.81. The lowest BCUT2D eigenvalue weighted by Crippen LogP contribution is -2.39. The van der Waals surface area contributed by atoms with Gasteiger partial charge in [0, 0.05) is 12.4 Å². The van der Waals surface area contributed by atoms with Crippen molar-refractivity contribution < 1.29 is 24.2 Å². The van der Waals surface area contributed by atoms with Crippen molar-refractivity contribution in [2.75, 3.05) is 19.5 Å². The van der Waals surface area contributed by atoms with Crippen molar-refractivity contribution in [3.63, 3.8) is 0 Å². The number of carbonyl (C=O) groups is 2. The van der Waals surface area contributed by atoms with Crippen LogP contribution in [0.2, 0.25) is 0 Å². The summed E-state index contributed by atoms with van der Waals surface area (Å²) >= 11 is 5.59. The molecule has 0 bridgehead atoms. The van der Waals surface area contributed by atoms with Gasteiger partial charge in [0.25, 0.3) is 0 Å². The normalized spacial score (nSPS) is 16.1. The number of hydrogen-bond acceptors (Lipinski definition) is 5. The number of ether oxygens (including phenoxy) is 2. The van der Waals surface area contributed by atoms with Crippen LogP contribution in [0.1, 0.15) is 20.8 Å². The fourth-order valence-corrected chi connectivity index (χ4v) is 1.36. The van der Waals surface area contributed by atoms with Gasteiger partial charge in [-0.25, -0.2) is 9.59 Å². The molecule has 0 spiro atoms. The van der Waals surface area contributed by atoms with E-state index < -0.39 is 24.1 Å². The number of halogens is 1. The van der Waals surface area contributed by atoms with Gasteiger partial charge >= 0.3 is 11.9 Å². The average Bonchev–Trinajstić information content (AvgIpc) is 2.28. The molecule has 0 rings (SSSR count). The molecule has 6 nitrogen and oxygen atoms in total. The minimum Gasteiger partial charge on any atom is -0.479 e. The molecule has 1 N–H and O–H groups in total. The Kier molecular flexibility index (Phi) is 7.90. The molecule has 0 aromatic rings. The molecule has 106 valence electrons. The monoisotopic (exact) mass is 281 g/mol. The van der Waals surface area contributed by atoms with E-state index in [1.807, 2.05) is 11.9 Å². The quantitative estimate of drug-likeness (QED) is 0.405. The Morgan fingerprint density at radius 2 is 1.83 bits per heavy atom. The SMILES string of the molecule is CC(OC(=O)C(C)OC(C)N(C)CCCl)C(=O)O. The third kappa shape index (κ3) is 6.18. The summed E-state index contributed by atoms with van der Waals surface area (Å²) in [6.07, 6.45) is -2.33. The average molecular weight is 282 g/mol. The fourth-order valence-electron chi connectivity index (χ4n) is 1.09. The molecular formula is C11H20ClNO5. The molecule has 7 heteroatoms. The molecule has 0 aliphatic heterocycles. The lowest BCUT2D eigenvalue weighted by atomic mass is 10.3. The summed E-state index contributed by atoms with van der Waals surface area (Å²) in [6.45, 7) is 5.20. The summed E-state index contributed by atoms with van der Waals surface area (Å²) in [5, 5.41) is 8.61. The summed E-state index contributed by atoms with van der Waals surface area (Å²) in [5.41, 5.74) is 0. The maximum Gasteiger partial charge on any atom is 0.344 e. The number of rotatable bonds is 8. The molecule has 0 heterocycles. The van der Waals surface area contributed by atoms with Crippen LogP contribution < -0.4 is 0 Å². The molecule has 0 aromatic heterocycles. The number of carbonyl (C=O) groups excluding carboxylic acids is 1. The smallest absolute Gasteiger partial charge is 0.344 e. The number of alkyl halides is 1. The van der Waals surface area contributed by atoms with Gasteiger partial charge in [0.15, 0.2) is 12.2 Å². The highest BCUT2D eigenvalue weighted by Gasteiger charge is 2.24. The predicted octanol–water partition coefficient (Wildman–Crippen LogP) is 0.924. The zero-order valence-corrected chi connectivity index (χ0v) is 11.8. The van der Waals surface area contributed by atoms with Crippen LogP contribution in [0.25, 0.3) is 0 Å². The second-order valence-corrected chi connectivity index (χ2v) is 4.34. The number of carboxylic acids is 1. The van der Waals surface area contributed by atoms with Crippen LogP contribution in [0.3, 0.4) is 0 Å². The van der Waals surface area contributed by atoms with Gasteiger partial charge in [0.05, 0.1) is 0 Å². The van der Waals surface area contributed by atoms with Crippen molar-refractivity contribution in [2.24, 2.45) is 0 Å². The Labute approximate surface area is 112 Å². The third-order valence-corrected chi connectivity index (χ3v) is 2.60. The van der Waals surface area contributed by atoms with E-state index in [1.54, 1.807) is 6.92 Å². The number of hydrogen-bond donors (Lipinski definition) is 1. The predicted molar refractivity (Wildman–Crippen MR) is 66.5 cm³/mol. The molecule has 0 saturated carbocycles. The highest BCUT2D eigenvalue weighted by atomic mass is 35.5. The van der Waals surface area contributed by atoms with Gasteiger partial charge in [-0.1, -0.05) is 0 Å². The van der Waals surface area contributed by atoms with Gasteiger partial charge in [-0.2, -0.15) is 0 Å². The van der Waals surface area contributed by atoms with Crippen LogP contribution in [0, 0.1) is 0 Å². The van der Waals surface area contributed by atoms with Crippen LogP contribution >= 0.6 is 11.6 Å². The lowest BCUT2D eigenvalue weighted by Gasteiger charge is -2.26. The first-order chi connectivity index (χ1) is 8.29. The van der Waals surface area contributed by atoms with Crippen molar-refractivity contribution in [3.8, 4) is 0 Å². The first-order valence-electron chi connectivity index (χ1n) is 5.64. The van der Waals surface area contributed by atoms with Crippen molar-refractivity contribution in [1.82, 2.24) is 4.90 Å². The van der Waals surface area contributed by atoms with Gasteiger partial charge in [0.1, 0.15) is 6.23 Å². The minimum atomic E-state index is -1.19. The molecule has 0 amide bonds. The molecule has 18 heavy (non-hydrogen) atoms. The van der Waals surface area contributed by atoms with Crippen LogP contribution in [0.15, 0.2) is 0 Å². The zero-order chi connectivity index (χ0) is 14.3. The van der Waals surface area contributed by atoms with Gasteiger partial charge in [-0.15, -0.1) is 11.6 Å². The summed E-state index contributed by atoms with van der Waals surface area (Å²) < 4.78 is 10.1. The molecular weight excluding hydrogens is 262 g/mol. The third-order valence-electron chi connectivity index (χ3n) is 2.43. The lowest BCUT2D eigenvalue weighted by molar-refractivity contribution is -0.176. The first kappa shape index (κ1) is 17.2. The van der Waals surface area contributed by atoms with Crippen molar-refractivity contribution >= 4 is 23.5 Å². The van der Waals surface area contributed by atoms with E-state index in [0.29, 0.717) is 12.4 Å². The Bertz CT molecular complexity index is 287. The molecule has 0 fully saturated rings. The molecule has 0 aromatic carbocycles. The van der Waals surface area contributed by atoms with Gasteiger partial charge in [0.2, 0.25) is 0 Å². The van der Waals surface area contributed by atoms with Crippen LogP contribution in [0.4, 0.5) is 0 Å². The molecule has 3 unspecified atom stereocenters. The topological polar surface area (TPSA) is 76.1 Å². The molecule has 0 radical (unpaired) electrons. The summed E-state index contributed by atoms with van der Waals surface area (Å²) in [4.78, 5) is 23.9. The van der Waals surface area contributed by atoms with Crippen molar-refractivity contribution in [3.05, 3.63) is 0 Å². The van der Waals surface area contributed by atoms with E-state index in [2.05, 4.69) is 0 Å². The molecule has 0 aliphatic carbocycles. The van der Waals surface area contributed by atoms with Gasteiger partial charge < -0.3 is 14.6 Å². The van der Waals surface area contributed by atoms with Crippen LogP contribution in [-0.4, -0.2) is 59.9 Å². The standard InChI is InChI=1S/C11H20ClNO5/c1-7(10(14)15)18-11(16)8(2)17-9(3)13(4)6-5-12/h7-9H,5-6H2,1-4H3,(H,14,15). The van der Waals surface area contributed by atoms with E-state index >= 15 is 0 Å². The van der Waals surface area contributed by atoms with E-state index in [-0.39, 0.29) is 6.23 Å². The fraction of sp³-hybridized carbons (Fsp3) is 0.818. The van der Waals surface area contributed by atoms with E-state index in [0.717, 1.165) is 0 Å². The van der Waals surface area contributed by atoms with E-state index in [9.17, 15) is 9.59 Å². The van der Waals surface area contributed by atoms with Gasteiger partial charge in [-0.3, -0.25) is 4.90 Å². The van der Waals surface area contributed by atoms with Crippen LogP contribution in [-0.2, 0) is 19.1 Å². The van der Waals surface area contributed by atoms with Crippen LogP contribution in [0.5, 0.6) is 0 Å². The largest absolute Gasteiger partial charge is 0.479 e. The highest BCUT2D eigenvalue weighted by Crippen LogP contribution is 2.06. The van der Waals surface area contributed by atoms with Gasteiger partial charge in [-0.05, 0) is 27.8 Å².